The van der Waals surface area contributed by atoms with E-state index in [-0.39, 0.29) is 34.9 Å². The summed E-state index contributed by atoms with van der Waals surface area (Å²) in [6, 6.07) is 1.70. The molecule has 5 nitrogen and oxygen atoms in total. The van der Waals surface area contributed by atoms with Crippen LogP contribution in [0.3, 0.4) is 0 Å². The molecule has 2 atom stereocenters. The minimum Gasteiger partial charge on any atom is -0.483 e. The number of hydrogen-bond donors (Lipinski definition) is 0. The van der Waals surface area contributed by atoms with Gasteiger partial charge in [0.15, 0.2) is 11.4 Å². The Morgan fingerprint density at radius 1 is 1.16 bits per heavy atom. The van der Waals surface area contributed by atoms with Crippen LogP contribution in [0.1, 0.15) is 19.4 Å². The van der Waals surface area contributed by atoms with Crippen LogP contribution in [0, 0.1) is 17.6 Å². The third-order valence-electron chi connectivity index (χ3n) is 4.25. The Hall–Kier alpha value is -2.44. The molecule has 0 radical (unpaired) electrons. The quantitative estimate of drug-likeness (QED) is 0.847. The van der Waals surface area contributed by atoms with Crippen molar-refractivity contribution in [3.8, 4) is 0 Å². The lowest BCUT2D eigenvalue weighted by Crippen LogP contribution is -2.38. The minimum atomic E-state index is -0.612. The fourth-order valence-corrected chi connectivity index (χ4v) is 2.97. The van der Waals surface area contributed by atoms with Gasteiger partial charge in [-0.1, -0.05) is 13.8 Å². The summed E-state index contributed by atoms with van der Waals surface area (Å²) in [4.78, 5) is 9.05. The Bertz CT molecular complexity index is 842. The van der Waals surface area contributed by atoms with Gasteiger partial charge in [0.25, 0.3) is 0 Å². The third-order valence-corrected chi connectivity index (χ3v) is 4.25. The van der Waals surface area contributed by atoms with Gasteiger partial charge in [-0.25, -0.2) is 18.8 Å². The fourth-order valence-electron chi connectivity index (χ4n) is 2.97. The highest BCUT2D eigenvalue weighted by Gasteiger charge is 2.32. The number of nitrogens with zero attached hydrogens (tertiary/aromatic N) is 2. The molecule has 1 aromatic carbocycles. The van der Waals surface area contributed by atoms with E-state index in [2.05, 4.69) is 9.98 Å². The van der Waals surface area contributed by atoms with Crippen molar-refractivity contribution >= 4 is 22.8 Å². The van der Waals surface area contributed by atoms with Gasteiger partial charge < -0.3 is 13.9 Å². The number of furan rings is 1. The normalized spacial score (nSPS) is 20.6. The van der Waals surface area contributed by atoms with E-state index in [0.29, 0.717) is 11.8 Å². The molecule has 1 aliphatic heterocycles. The zero-order chi connectivity index (χ0) is 18.1. The Morgan fingerprint density at radius 3 is 2.52 bits per heavy atom. The molecule has 2 heterocycles. The van der Waals surface area contributed by atoms with Gasteiger partial charge in [-0.2, -0.15) is 0 Å². The smallest absolute Gasteiger partial charge is 0.209 e. The van der Waals surface area contributed by atoms with Crippen LogP contribution in [-0.4, -0.2) is 38.1 Å². The second-order valence-corrected chi connectivity index (χ2v) is 6.25. The van der Waals surface area contributed by atoms with Gasteiger partial charge in [-0.3, -0.25) is 0 Å². The van der Waals surface area contributed by atoms with Crippen molar-refractivity contribution in [2.24, 2.45) is 15.9 Å². The van der Waals surface area contributed by atoms with Crippen molar-refractivity contribution in [3.05, 3.63) is 35.6 Å². The lowest BCUT2D eigenvalue weighted by Gasteiger charge is -2.27. The maximum atomic E-state index is 14.7. The lowest BCUT2D eigenvalue weighted by atomic mass is 9.99. The van der Waals surface area contributed by atoms with Gasteiger partial charge in [0.05, 0.1) is 25.9 Å². The number of methoxy groups -OCH3 is 2. The molecule has 1 aromatic heterocycles. The molecule has 0 saturated heterocycles. The van der Waals surface area contributed by atoms with Gasteiger partial charge in [-0.15, -0.1) is 0 Å². The molecule has 0 aliphatic carbocycles. The van der Waals surface area contributed by atoms with Crippen LogP contribution in [0.2, 0.25) is 0 Å². The van der Waals surface area contributed by atoms with Crippen LogP contribution >= 0.6 is 0 Å². The summed E-state index contributed by atoms with van der Waals surface area (Å²) in [5, 5.41) is 0.109. The average molecular weight is 350 g/mol. The Kier molecular flexibility index (Phi) is 4.74. The molecule has 0 unspecified atom stereocenters. The van der Waals surface area contributed by atoms with E-state index in [1.54, 1.807) is 0 Å². The molecule has 0 N–H and O–H groups in total. The van der Waals surface area contributed by atoms with Crippen molar-refractivity contribution in [1.29, 1.82) is 0 Å². The molecule has 2 aromatic rings. The highest BCUT2D eigenvalue weighted by Crippen LogP contribution is 2.27. The van der Waals surface area contributed by atoms with Gasteiger partial charge in [-0.05, 0) is 23.6 Å². The summed E-state index contributed by atoms with van der Waals surface area (Å²) in [6.07, 6.45) is 1.37. The maximum Gasteiger partial charge on any atom is 0.209 e. The standard InChI is InChI=1S/C18H20F2N2O3/c1-9(2)15-18(24-4)21-13(17(22-15)23-3)8-10-7-12(19)16-11(14(10)20)5-6-25-16/h5-7,9,13,15H,8H2,1-4H3/t13-,15+/m1/s1. The number of fused-ring (bicyclic) bond motifs is 1. The van der Waals surface area contributed by atoms with E-state index < -0.39 is 17.7 Å². The van der Waals surface area contributed by atoms with E-state index in [9.17, 15) is 8.78 Å². The Balaban J connectivity index is 1.98. The molecule has 0 spiro atoms. The SMILES string of the molecule is COC1=N[C@H](Cc2cc(F)c3occc3c2F)C(OC)=N[C@H]1C(C)C. The molecule has 0 bridgehead atoms. The Labute approximate surface area is 144 Å². The first kappa shape index (κ1) is 17.4. The summed E-state index contributed by atoms with van der Waals surface area (Å²) in [5.41, 5.74) is 0.0924. The third kappa shape index (κ3) is 3.10. The van der Waals surface area contributed by atoms with Gasteiger partial charge >= 0.3 is 0 Å². The first-order valence-corrected chi connectivity index (χ1v) is 8.03. The van der Waals surface area contributed by atoms with Crippen molar-refractivity contribution in [3.63, 3.8) is 0 Å². The number of rotatable bonds is 3. The van der Waals surface area contributed by atoms with Crippen LogP contribution < -0.4 is 0 Å². The molecule has 7 heteroatoms. The first-order chi connectivity index (χ1) is 12.0. The van der Waals surface area contributed by atoms with Crippen LogP contribution in [-0.2, 0) is 15.9 Å². The van der Waals surface area contributed by atoms with E-state index in [0.717, 1.165) is 6.07 Å². The lowest BCUT2D eigenvalue weighted by molar-refractivity contribution is 0.332. The van der Waals surface area contributed by atoms with E-state index >= 15 is 0 Å². The van der Waals surface area contributed by atoms with Crippen molar-refractivity contribution in [2.45, 2.75) is 32.4 Å². The monoisotopic (exact) mass is 350 g/mol. The number of ether oxygens (including phenoxy) is 2. The molecular formula is C18H20F2N2O3. The highest BCUT2D eigenvalue weighted by atomic mass is 19.1. The maximum absolute atomic E-state index is 14.7. The highest BCUT2D eigenvalue weighted by molar-refractivity contribution is 5.94. The van der Waals surface area contributed by atoms with Crippen LogP contribution in [0.5, 0.6) is 0 Å². The molecule has 0 saturated carbocycles. The molecular weight excluding hydrogens is 330 g/mol. The number of aliphatic imine (C=N–C) groups is 2. The number of halogens is 2. The first-order valence-electron chi connectivity index (χ1n) is 8.03. The molecule has 0 fully saturated rings. The number of hydrogen-bond acceptors (Lipinski definition) is 5. The van der Waals surface area contributed by atoms with E-state index in [1.807, 2.05) is 13.8 Å². The van der Waals surface area contributed by atoms with Crippen LogP contribution in [0.4, 0.5) is 8.78 Å². The predicted octanol–water partition coefficient (Wildman–Crippen LogP) is 3.75. The van der Waals surface area contributed by atoms with Crippen LogP contribution in [0.15, 0.2) is 32.8 Å². The zero-order valence-corrected chi connectivity index (χ0v) is 14.5. The van der Waals surface area contributed by atoms with E-state index in [4.69, 9.17) is 13.9 Å². The van der Waals surface area contributed by atoms with Crippen LogP contribution in [0.25, 0.3) is 11.0 Å². The molecule has 0 amide bonds. The zero-order valence-electron chi connectivity index (χ0n) is 14.5. The van der Waals surface area contributed by atoms with Gasteiger partial charge in [0.2, 0.25) is 11.8 Å². The van der Waals surface area contributed by atoms with Crippen molar-refractivity contribution in [1.82, 2.24) is 0 Å². The predicted molar refractivity (Wildman–Crippen MR) is 91.1 cm³/mol. The number of benzene rings is 1. The van der Waals surface area contributed by atoms with Gasteiger partial charge in [0, 0.05) is 6.42 Å². The summed E-state index contributed by atoms with van der Waals surface area (Å²) in [5.74, 6) is -0.126. The summed E-state index contributed by atoms with van der Waals surface area (Å²) in [7, 11) is 3.02. The molecule has 1 aliphatic rings. The Morgan fingerprint density at radius 2 is 1.88 bits per heavy atom. The van der Waals surface area contributed by atoms with Crippen molar-refractivity contribution in [2.75, 3.05) is 14.2 Å². The molecule has 25 heavy (non-hydrogen) atoms. The second kappa shape index (κ2) is 6.82. The molecule has 134 valence electrons. The largest absolute Gasteiger partial charge is 0.483 e. The molecule has 3 rings (SSSR count). The van der Waals surface area contributed by atoms with Crippen molar-refractivity contribution < 1.29 is 22.7 Å². The summed E-state index contributed by atoms with van der Waals surface area (Å²) in [6.45, 7) is 4.00. The topological polar surface area (TPSA) is 56.3 Å². The minimum absolute atomic E-state index is 0.0912. The van der Waals surface area contributed by atoms with Gasteiger partial charge in [0.1, 0.15) is 17.9 Å². The average Bonchev–Trinajstić information content (AvgIpc) is 3.09. The summed E-state index contributed by atoms with van der Waals surface area (Å²) >= 11 is 0. The fraction of sp³-hybridized carbons (Fsp3) is 0.444. The summed E-state index contributed by atoms with van der Waals surface area (Å²) < 4.78 is 44.5. The van der Waals surface area contributed by atoms with E-state index in [1.165, 1.54) is 26.5 Å². The second-order valence-electron chi connectivity index (χ2n) is 6.25.